The molecule has 0 aliphatic rings. The molecule has 0 heterocycles. The molecule has 11 heteroatoms. The first kappa shape index (κ1) is 18.7. The van der Waals surface area contributed by atoms with Crippen LogP contribution in [0.15, 0.2) is 5.11 Å². The lowest BCUT2D eigenvalue weighted by Gasteiger charge is -2.16. The molecule has 0 saturated carbocycles. The maximum Gasteiger partial charge on any atom is 0.334 e. The fourth-order valence-electron chi connectivity index (χ4n) is 0.884. The van der Waals surface area contributed by atoms with E-state index in [0.29, 0.717) is 0 Å². The summed E-state index contributed by atoms with van der Waals surface area (Å²) in [4.78, 5) is 31.0. The van der Waals surface area contributed by atoms with Crippen molar-refractivity contribution in [2.45, 2.75) is 25.2 Å². The van der Waals surface area contributed by atoms with E-state index >= 15 is 0 Å². The Morgan fingerprint density at radius 3 is 2.53 bits per heavy atom. The van der Waals surface area contributed by atoms with Crippen LogP contribution in [-0.4, -0.2) is 34.2 Å². The number of nitrogens with two attached hydrogens (primary N) is 1. The molecule has 4 N–H and O–H groups in total. The zero-order valence-corrected chi connectivity index (χ0v) is 11.6. The fourth-order valence-corrected chi connectivity index (χ4v) is 1.57. The van der Waals surface area contributed by atoms with Crippen molar-refractivity contribution in [3.05, 3.63) is 10.4 Å². The number of azide groups is 1. The van der Waals surface area contributed by atoms with Gasteiger partial charge in [0.25, 0.3) is 0 Å². The van der Waals surface area contributed by atoms with Crippen LogP contribution in [0.4, 0.5) is 0 Å². The van der Waals surface area contributed by atoms with E-state index in [0.717, 1.165) is 0 Å². The van der Waals surface area contributed by atoms with Crippen molar-refractivity contribution >= 4 is 30.5 Å². The van der Waals surface area contributed by atoms with Gasteiger partial charge in [0.05, 0.1) is 6.61 Å². The lowest BCUT2D eigenvalue weighted by Crippen LogP contribution is -2.35. The summed E-state index contributed by atoms with van der Waals surface area (Å²) in [5.41, 5.74) is 13.4. The smallest absolute Gasteiger partial charge is 0.334 e. The van der Waals surface area contributed by atoms with Gasteiger partial charge in [-0.3, -0.25) is 9.36 Å². The molecule has 0 saturated heterocycles. The highest BCUT2D eigenvalue weighted by molar-refractivity contribution is 8.93. The Morgan fingerprint density at radius 2 is 2.18 bits per heavy atom. The molecule has 2 atom stereocenters. The topological polar surface area (TPSA) is 159 Å². The first-order chi connectivity index (χ1) is 7.32. The summed E-state index contributed by atoms with van der Waals surface area (Å²) >= 11 is 0. The molecule has 0 aliphatic heterocycles. The number of nitrogens with zero attached hydrogens (tertiary/aromatic N) is 3. The van der Waals surface area contributed by atoms with Crippen molar-refractivity contribution < 1.29 is 23.9 Å². The molecule has 9 nitrogen and oxygen atoms in total. The minimum Gasteiger partial charge on any atom is -0.465 e. The number of carbonyl (C=O) groups is 1. The van der Waals surface area contributed by atoms with Crippen LogP contribution in [0.1, 0.15) is 13.3 Å². The molecule has 0 aromatic heterocycles. The summed E-state index contributed by atoms with van der Waals surface area (Å²) in [5.74, 6) is -2.45. The molecule has 0 unspecified atom stereocenters. The van der Waals surface area contributed by atoms with E-state index in [-0.39, 0.29) is 23.6 Å². The predicted octanol–water partition coefficient (Wildman–Crippen LogP) is 0.659. The second kappa shape index (κ2) is 8.46. The van der Waals surface area contributed by atoms with Crippen molar-refractivity contribution in [2.75, 3.05) is 6.61 Å². The van der Waals surface area contributed by atoms with Gasteiger partial charge in [0.1, 0.15) is 11.8 Å². The van der Waals surface area contributed by atoms with E-state index in [1.54, 1.807) is 6.92 Å². The average Bonchev–Trinajstić information content (AvgIpc) is 2.15. The maximum absolute atomic E-state index is 11.1. The molecule has 0 fully saturated rings. The summed E-state index contributed by atoms with van der Waals surface area (Å²) in [7, 11) is -4.61. The van der Waals surface area contributed by atoms with Gasteiger partial charge in [-0.1, -0.05) is 5.11 Å². The Labute approximate surface area is 108 Å². The van der Waals surface area contributed by atoms with Gasteiger partial charge in [0.2, 0.25) is 0 Å². The van der Waals surface area contributed by atoms with Crippen LogP contribution < -0.4 is 5.73 Å². The van der Waals surface area contributed by atoms with E-state index < -0.39 is 31.8 Å². The monoisotopic (exact) mass is 332 g/mol. The van der Waals surface area contributed by atoms with Crippen LogP contribution in [0.25, 0.3) is 10.4 Å². The molecular weight excluding hydrogens is 319 g/mol. The van der Waals surface area contributed by atoms with Crippen LogP contribution in [-0.2, 0) is 14.1 Å². The second-order valence-electron chi connectivity index (χ2n) is 2.87. The van der Waals surface area contributed by atoms with E-state index in [1.807, 2.05) is 0 Å². The quantitative estimate of drug-likeness (QED) is 0.213. The molecular formula is C6H14BrN4O5P. The normalized spacial score (nSPS) is 13.9. The van der Waals surface area contributed by atoms with Gasteiger partial charge in [-0.25, -0.2) is 0 Å². The third-order valence-corrected chi connectivity index (χ3v) is 2.72. The molecule has 0 aromatic carbocycles. The van der Waals surface area contributed by atoms with Crippen molar-refractivity contribution in [3.63, 3.8) is 0 Å². The lowest BCUT2D eigenvalue weighted by atomic mass is 10.2. The third kappa shape index (κ3) is 7.32. The minimum absolute atomic E-state index is 0. The Balaban J connectivity index is 0. The van der Waals surface area contributed by atoms with Crippen molar-refractivity contribution in [1.29, 1.82) is 0 Å². The van der Waals surface area contributed by atoms with E-state index in [1.165, 1.54) is 0 Å². The Kier molecular flexibility index (Phi) is 9.32. The summed E-state index contributed by atoms with van der Waals surface area (Å²) in [5, 5.41) is 2.91. The molecule has 17 heavy (non-hydrogen) atoms. The van der Waals surface area contributed by atoms with Gasteiger partial charge < -0.3 is 20.3 Å². The molecule has 100 valence electrons. The molecule has 0 spiro atoms. The minimum atomic E-state index is -4.61. The SMILES string of the molecule is Br.CCOC(=O)[C@@H](N)C[C@@H](N=[N+]=[N-])P(=O)(O)O. The molecule has 0 aromatic rings. The van der Waals surface area contributed by atoms with Crippen LogP contribution in [0.3, 0.4) is 0 Å². The Bertz CT molecular complexity index is 341. The highest BCUT2D eigenvalue weighted by Gasteiger charge is 2.32. The number of esters is 1. The van der Waals surface area contributed by atoms with Crippen LogP contribution >= 0.6 is 24.6 Å². The average molecular weight is 333 g/mol. The Hall–Kier alpha value is -0.630. The molecule has 0 radical (unpaired) electrons. The molecule has 0 amide bonds. The fraction of sp³-hybridized carbons (Fsp3) is 0.833. The molecule has 0 bridgehead atoms. The molecule has 0 aliphatic carbocycles. The van der Waals surface area contributed by atoms with Crippen LogP contribution in [0.2, 0.25) is 0 Å². The summed E-state index contributed by atoms with van der Waals surface area (Å²) in [6, 6.07) is -1.23. The summed E-state index contributed by atoms with van der Waals surface area (Å²) in [6.45, 7) is 1.67. The number of ether oxygens (including phenoxy) is 1. The largest absolute Gasteiger partial charge is 0.465 e. The standard InChI is InChI=1S/C6H13N4O5P.BrH/c1-2-15-6(11)4(7)3-5(9-10-8)16(12,13)14;/h4-5H,2-3,7H2,1H3,(H2,12,13,14);1H/t4-,5-;/m0./s1. The number of carbonyl (C=O) groups excluding carboxylic acids is 1. The number of hydrogen-bond acceptors (Lipinski definition) is 5. The van der Waals surface area contributed by atoms with Gasteiger partial charge >= 0.3 is 13.6 Å². The third-order valence-electron chi connectivity index (χ3n) is 1.63. The number of rotatable bonds is 6. The second-order valence-corrected chi connectivity index (χ2v) is 4.64. The van der Waals surface area contributed by atoms with Crippen LogP contribution in [0.5, 0.6) is 0 Å². The zero-order valence-electron chi connectivity index (χ0n) is 8.96. The van der Waals surface area contributed by atoms with Gasteiger partial charge in [0.15, 0.2) is 0 Å². The summed E-state index contributed by atoms with van der Waals surface area (Å²) in [6.07, 6.45) is -0.465. The first-order valence-corrected chi connectivity index (χ1v) is 6.02. The van der Waals surface area contributed by atoms with Gasteiger partial charge in [0, 0.05) is 4.91 Å². The highest BCUT2D eigenvalue weighted by Crippen LogP contribution is 2.44. The predicted molar refractivity (Wildman–Crippen MR) is 64.5 cm³/mol. The van der Waals surface area contributed by atoms with E-state index in [9.17, 15) is 9.36 Å². The van der Waals surface area contributed by atoms with Crippen molar-refractivity contribution in [1.82, 2.24) is 0 Å². The lowest BCUT2D eigenvalue weighted by molar-refractivity contribution is -0.144. The number of hydrogen-bond donors (Lipinski definition) is 3. The maximum atomic E-state index is 11.1. The summed E-state index contributed by atoms with van der Waals surface area (Å²) < 4.78 is 15.4. The van der Waals surface area contributed by atoms with Gasteiger partial charge in [-0.05, 0) is 18.9 Å². The van der Waals surface area contributed by atoms with E-state index in [2.05, 4.69) is 14.8 Å². The highest BCUT2D eigenvalue weighted by atomic mass is 79.9. The Morgan fingerprint density at radius 1 is 1.65 bits per heavy atom. The van der Waals surface area contributed by atoms with Crippen LogP contribution in [0, 0.1) is 0 Å². The molecule has 0 rings (SSSR count). The van der Waals surface area contributed by atoms with Crippen molar-refractivity contribution in [3.8, 4) is 0 Å². The zero-order chi connectivity index (χ0) is 12.8. The van der Waals surface area contributed by atoms with Gasteiger partial charge in [-0.15, -0.1) is 17.0 Å². The van der Waals surface area contributed by atoms with E-state index in [4.69, 9.17) is 21.1 Å². The first-order valence-electron chi connectivity index (χ1n) is 4.34. The number of halogens is 1. The van der Waals surface area contributed by atoms with Crippen molar-refractivity contribution in [2.24, 2.45) is 10.8 Å². The van der Waals surface area contributed by atoms with Gasteiger partial charge in [-0.2, -0.15) is 0 Å².